The number of halogens is 1. The molecule has 0 atom stereocenters. The Labute approximate surface area is 200 Å². The van der Waals surface area contributed by atoms with E-state index in [0.717, 1.165) is 29.3 Å². The summed E-state index contributed by atoms with van der Waals surface area (Å²) in [5, 5.41) is 0. The first-order chi connectivity index (χ1) is 16.1. The molecule has 1 fully saturated rings. The average Bonchev–Trinajstić information content (AvgIpc) is 3.22. The number of nitrogens with zero attached hydrogens (tertiary/aromatic N) is 2. The minimum absolute atomic E-state index is 0.0134. The summed E-state index contributed by atoms with van der Waals surface area (Å²) in [6, 6.07) is 9.76. The van der Waals surface area contributed by atoms with E-state index in [1.165, 1.54) is 12.1 Å². The van der Waals surface area contributed by atoms with Gasteiger partial charge >= 0.3 is 6.09 Å². The smallest absolute Gasteiger partial charge is 0.409 e. The van der Waals surface area contributed by atoms with Crippen LogP contribution in [-0.2, 0) is 21.0 Å². The summed E-state index contributed by atoms with van der Waals surface area (Å²) in [5.41, 5.74) is 2.21. The fraction of sp³-hybridized carbons (Fsp3) is 0.480. The van der Waals surface area contributed by atoms with Crippen LogP contribution in [0.4, 0.5) is 20.6 Å². The van der Waals surface area contributed by atoms with Gasteiger partial charge in [0.05, 0.1) is 17.2 Å². The van der Waals surface area contributed by atoms with Crippen molar-refractivity contribution in [3.05, 3.63) is 47.8 Å². The summed E-state index contributed by atoms with van der Waals surface area (Å²) >= 11 is 0. The molecule has 1 saturated heterocycles. The lowest BCUT2D eigenvalue weighted by atomic mass is 10.1. The lowest BCUT2D eigenvalue weighted by molar-refractivity contribution is 0.0616. The number of likely N-dealkylation sites (tertiary alicyclic amines) is 1. The second-order valence-corrected chi connectivity index (χ2v) is 11.3. The van der Waals surface area contributed by atoms with Crippen LogP contribution in [-0.4, -0.2) is 58.0 Å². The number of fused-ring (bicyclic) bond motifs is 1. The van der Waals surface area contributed by atoms with Crippen molar-refractivity contribution in [2.75, 3.05) is 37.4 Å². The van der Waals surface area contributed by atoms with Crippen molar-refractivity contribution in [3.63, 3.8) is 0 Å². The highest BCUT2D eigenvalue weighted by Gasteiger charge is 2.29. The van der Waals surface area contributed by atoms with Gasteiger partial charge in [-0.3, -0.25) is 0 Å². The van der Waals surface area contributed by atoms with Crippen LogP contribution in [0.2, 0.25) is 0 Å². The average molecular weight is 491 g/mol. The molecule has 0 aromatic heterocycles. The van der Waals surface area contributed by atoms with Gasteiger partial charge in [-0.15, -0.1) is 0 Å². The normalized spacial score (nSPS) is 16.6. The van der Waals surface area contributed by atoms with Gasteiger partial charge < -0.3 is 19.3 Å². The molecule has 1 amide bonds. The van der Waals surface area contributed by atoms with Crippen LogP contribution >= 0.6 is 0 Å². The number of hydrogen-bond donors (Lipinski definition) is 0. The van der Waals surface area contributed by atoms with Crippen molar-refractivity contribution in [1.82, 2.24) is 4.90 Å². The standard InChI is InChI=1S/C25H31FN2O5S/c1-17(2)16-32-25(29)27-12-9-18(10-13-27)33-24-6-4-5-22-20(24)11-14-28(22)23-8-7-19(15-21(23)26)34(3,30)31/h4-8,15,17-18H,9-14,16H2,1-3H3. The van der Waals surface area contributed by atoms with E-state index in [4.69, 9.17) is 9.47 Å². The van der Waals surface area contributed by atoms with Gasteiger partial charge in [0.25, 0.3) is 0 Å². The molecule has 0 spiro atoms. The third-order valence-corrected chi connectivity index (χ3v) is 7.27. The van der Waals surface area contributed by atoms with E-state index in [2.05, 4.69) is 0 Å². The van der Waals surface area contributed by atoms with Crippen molar-refractivity contribution >= 4 is 27.3 Å². The van der Waals surface area contributed by atoms with Gasteiger partial charge in [-0.1, -0.05) is 19.9 Å². The Morgan fingerprint density at radius 1 is 1.12 bits per heavy atom. The Kier molecular flexibility index (Phi) is 7.02. The number of piperidine rings is 1. The molecule has 0 radical (unpaired) electrons. The van der Waals surface area contributed by atoms with Crippen molar-refractivity contribution < 1.29 is 27.1 Å². The predicted octanol–water partition coefficient (Wildman–Crippen LogP) is 4.56. The summed E-state index contributed by atoms with van der Waals surface area (Å²) in [4.78, 5) is 15.7. The minimum Gasteiger partial charge on any atom is -0.490 e. The Morgan fingerprint density at radius 3 is 2.50 bits per heavy atom. The lowest BCUT2D eigenvalue weighted by Gasteiger charge is -2.32. The number of benzene rings is 2. The first-order valence-electron chi connectivity index (χ1n) is 11.6. The van der Waals surface area contributed by atoms with E-state index >= 15 is 0 Å². The molecule has 184 valence electrons. The summed E-state index contributed by atoms with van der Waals surface area (Å²) in [6.45, 7) is 6.17. The van der Waals surface area contributed by atoms with E-state index in [1.807, 2.05) is 36.9 Å². The third-order valence-electron chi connectivity index (χ3n) is 6.16. The maximum Gasteiger partial charge on any atom is 0.409 e. The van der Waals surface area contributed by atoms with Crippen LogP contribution in [0.25, 0.3) is 0 Å². The molecule has 9 heteroatoms. The summed E-state index contributed by atoms with van der Waals surface area (Å²) in [7, 11) is -3.48. The van der Waals surface area contributed by atoms with Crippen molar-refractivity contribution in [3.8, 4) is 5.75 Å². The zero-order valence-electron chi connectivity index (χ0n) is 19.8. The SMILES string of the molecule is CC(C)COC(=O)N1CCC(Oc2cccc3c2CCN3c2ccc(S(C)(=O)=O)cc2F)CC1. The topological polar surface area (TPSA) is 76.2 Å². The highest BCUT2D eigenvalue weighted by Crippen LogP contribution is 2.41. The highest BCUT2D eigenvalue weighted by molar-refractivity contribution is 7.90. The van der Waals surface area contributed by atoms with Gasteiger partial charge in [-0.05, 0) is 42.7 Å². The molecule has 2 aliphatic rings. The Hall–Kier alpha value is -2.81. The van der Waals surface area contributed by atoms with Crippen molar-refractivity contribution in [2.24, 2.45) is 5.92 Å². The van der Waals surface area contributed by atoms with E-state index in [1.54, 1.807) is 4.90 Å². The minimum atomic E-state index is -3.48. The largest absolute Gasteiger partial charge is 0.490 e. The molecule has 0 N–H and O–H groups in total. The van der Waals surface area contributed by atoms with Crippen LogP contribution in [0.3, 0.4) is 0 Å². The number of anilines is 2. The van der Waals surface area contributed by atoms with Crippen LogP contribution in [0.1, 0.15) is 32.3 Å². The van der Waals surface area contributed by atoms with E-state index in [0.29, 0.717) is 57.1 Å². The monoisotopic (exact) mass is 490 g/mol. The number of carbonyl (C=O) groups excluding carboxylic acids is 1. The number of rotatable bonds is 6. The van der Waals surface area contributed by atoms with Crippen LogP contribution < -0.4 is 9.64 Å². The highest BCUT2D eigenvalue weighted by atomic mass is 32.2. The van der Waals surface area contributed by atoms with Gasteiger partial charge in [0, 0.05) is 50.0 Å². The van der Waals surface area contributed by atoms with Gasteiger partial charge in [-0.2, -0.15) is 0 Å². The molecule has 0 saturated carbocycles. The molecule has 4 rings (SSSR count). The maximum atomic E-state index is 14.8. The molecule has 7 nitrogen and oxygen atoms in total. The Bertz CT molecular complexity index is 1160. The molecule has 2 aromatic rings. The summed E-state index contributed by atoms with van der Waals surface area (Å²) in [6.07, 6.45) is 2.90. The fourth-order valence-electron chi connectivity index (χ4n) is 4.37. The molecule has 0 bridgehead atoms. The third kappa shape index (κ3) is 5.29. The molecule has 2 aromatic carbocycles. The first-order valence-corrected chi connectivity index (χ1v) is 13.5. The summed E-state index contributed by atoms with van der Waals surface area (Å²) in [5.74, 6) is 0.503. The number of carbonyl (C=O) groups is 1. The molecular formula is C25H31FN2O5S. The second kappa shape index (κ2) is 9.82. The Balaban J connectivity index is 1.43. The molecule has 34 heavy (non-hydrogen) atoms. The summed E-state index contributed by atoms with van der Waals surface area (Å²) < 4.78 is 50.0. The molecule has 2 heterocycles. The van der Waals surface area contributed by atoms with E-state index < -0.39 is 15.7 Å². The molecule has 0 aliphatic carbocycles. The van der Waals surface area contributed by atoms with Crippen LogP contribution in [0.15, 0.2) is 41.3 Å². The number of ether oxygens (including phenoxy) is 2. The van der Waals surface area contributed by atoms with Gasteiger partial charge in [-0.25, -0.2) is 17.6 Å². The zero-order chi connectivity index (χ0) is 24.5. The van der Waals surface area contributed by atoms with Crippen LogP contribution in [0, 0.1) is 11.7 Å². The zero-order valence-corrected chi connectivity index (χ0v) is 20.6. The second-order valence-electron chi connectivity index (χ2n) is 9.32. The van der Waals surface area contributed by atoms with Gasteiger partial charge in [0.15, 0.2) is 9.84 Å². The number of amides is 1. The fourth-order valence-corrected chi connectivity index (χ4v) is 5.00. The van der Waals surface area contributed by atoms with Crippen molar-refractivity contribution in [2.45, 2.75) is 44.1 Å². The van der Waals surface area contributed by atoms with Crippen LogP contribution in [0.5, 0.6) is 5.75 Å². The number of hydrogen-bond acceptors (Lipinski definition) is 6. The van der Waals surface area contributed by atoms with E-state index in [9.17, 15) is 17.6 Å². The first kappa shape index (κ1) is 24.3. The van der Waals surface area contributed by atoms with Crippen molar-refractivity contribution in [1.29, 1.82) is 0 Å². The van der Waals surface area contributed by atoms with Gasteiger partial charge in [0.1, 0.15) is 17.7 Å². The molecule has 0 unspecified atom stereocenters. The number of sulfone groups is 1. The Morgan fingerprint density at radius 2 is 1.85 bits per heavy atom. The maximum absolute atomic E-state index is 14.8. The van der Waals surface area contributed by atoms with E-state index in [-0.39, 0.29) is 17.1 Å². The predicted molar refractivity (Wildman–Crippen MR) is 128 cm³/mol. The molecule has 2 aliphatic heterocycles. The lowest BCUT2D eigenvalue weighted by Crippen LogP contribution is -2.42. The quantitative estimate of drug-likeness (QED) is 0.591. The molecular weight excluding hydrogens is 459 g/mol. The van der Waals surface area contributed by atoms with Gasteiger partial charge in [0.2, 0.25) is 0 Å².